The molecule has 0 saturated carbocycles. The van der Waals surface area contributed by atoms with E-state index in [1.807, 2.05) is 42.9 Å². The van der Waals surface area contributed by atoms with Gasteiger partial charge in [-0.3, -0.25) is 9.88 Å². The molecule has 34 heavy (non-hydrogen) atoms. The van der Waals surface area contributed by atoms with Crippen LogP contribution in [0.5, 0.6) is 0 Å². The maximum absolute atomic E-state index is 9.57. The number of nitrogens with two attached hydrogens (primary N) is 1. The lowest BCUT2D eigenvalue weighted by atomic mass is 9.85. The van der Waals surface area contributed by atoms with E-state index in [0.29, 0.717) is 18.7 Å². The maximum atomic E-state index is 9.57. The Labute approximate surface area is 200 Å². The number of aromatic nitrogens is 3. The zero-order chi connectivity index (χ0) is 23.3. The Kier molecular flexibility index (Phi) is 6.66. The van der Waals surface area contributed by atoms with Gasteiger partial charge in [-0.05, 0) is 60.6 Å². The van der Waals surface area contributed by atoms with Gasteiger partial charge in [0, 0.05) is 37.6 Å². The Morgan fingerprint density at radius 1 is 1.18 bits per heavy atom. The predicted octanol–water partition coefficient (Wildman–Crippen LogP) is 4.89. The van der Waals surface area contributed by atoms with Crippen LogP contribution in [0.1, 0.15) is 65.1 Å². The highest BCUT2D eigenvalue weighted by Crippen LogP contribution is 2.43. The van der Waals surface area contributed by atoms with Gasteiger partial charge in [0.2, 0.25) is 0 Å². The first-order chi connectivity index (χ1) is 16.8. The van der Waals surface area contributed by atoms with Crippen molar-refractivity contribution >= 4 is 0 Å². The van der Waals surface area contributed by atoms with Crippen molar-refractivity contribution in [2.75, 3.05) is 0 Å². The van der Waals surface area contributed by atoms with Crippen LogP contribution in [-0.4, -0.2) is 19.9 Å². The molecule has 0 fully saturated rings. The molecule has 2 heterocycles. The molecule has 6 heteroatoms. The second kappa shape index (κ2) is 10.2. The zero-order valence-electron chi connectivity index (χ0n) is 19.3. The van der Waals surface area contributed by atoms with Crippen LogP contribution in [0.4, 0.5) is 0 Å². The van der Waals surface area contributed by atoms with E-state index in [9.17, 15) is 5.26 Å². The summed E-state index contributed by atoms with van der Waals surface area (Å²) >= 11 is 0. The van der Waals surface area contributed by atoms with E-state index >= 15 is 0 Å². The third-order valence-corrected chi connectivity index (χ3v) is 7.05. The number of benzene rings is 1. The number of H-pyrrole nitrogens is 1. The molecule has 2 aromatic heterocycles. The van der Waals surface area contributed by atoms with Crippen molar-refractivity contribution in [1.82, 2.24) is 19.9 Å². The molecule has 3 aromatic rings. The van der Waals surface area contributed by atoms with Crippen LogP contribution in [0, 0.1) is 17.2 Å². The topological polar surface area (TPSA) is 94.6 Å². The molecule has 172 valence electrons. The third kappa shape index (κ3) is 4.45. The molecular weight excluding hydrogens is 420 g/mol. The normalized spacial score (nSPS) is 20.1. The molecule has 0 bridgehead atoms. The molecule has 2 aliphatic carbocycles. The Hall–Kier alpha value is -3.53. The number of nitrogens with zero attached hydrogens (tertiary/aromatic N) is 4. The number of pyridine rings is 1. The van der Waals surface area contributed by atoms with Crippen LogP contribution >= 0.6 is 0 Å². The lowest BCUT2D eigenvalue weighted by Gasteiger charge is -2.42. The minimum atomic E-state index is 0.0329. The monoisotopic (exact) mass is 450 g/mol. The van der Waals surface area contributed by atoms with E-state index in [1.54, 1.807) is 0 Å². The molecule has 3 unspecified atom stereocenters. The highest BCUT2D eigenvalue weighted by molar-refractivity contribution is 5.39. The first-order valence-corrected chi connectivity index (χ1v) is 12.0. The summed E-state index contributed by atoms with van der Waals surface area (Å²) in [5.74, 6) is 1.23. The van der Waals surface area contributed by atoms with Gasteiger partial charge in [-0.1, -0.05) is 36.4 Å². The van der Waals surface area contributed by atoms with E-state index in [-0.39, 0.29) is 18.0 Å². The third-order valence-electron chi connectivity index (χ3n) is 7.05. The summed E-state index contributed by atoms with van der Waals surface area (Å²) < 4.78 is 0. The number of hydrogen-bond acceptors (Lipinski definition) is 5. The van der Waals surface area contributed by atoms with E-state index in [1.165, 1.54) is 5.56 Å². The van der Waals surface area contributed by atoms with Gasteiger partial charge in [-0.25, -0.2) is 4.98 Å². The Bertz CT molecular complexity index is 1220. The lowest BCUT2D eigenvalue weighted by Crippen LogP contribution is -2.39. The number of rotatable bonds is 7. The number of nitrogens with one attached hydrogen (secondary N) is 1. The fourth-order valence-electron chi connectivity index (χ4n) is 5.43. The molecule has 0 spiro atoms. The lowest BCUT2D eigenvalue weighted by molar-refractivity contribution is 0.0757. The fourth-order valence-corrected chi connectivity index (χ4v) is 5.43. The predicted molar refractivity (Wildman–Crippen MR) is 132 cm³/mol. The SMILES string of the molecule is N#Cc1ccc(CN)c(CN(C2CCCc3cccnc32)C(c2ncc[nH]2)C2C=CC=CC2)c1. The minimum Gasteiger partial charge on any atom is -0.347 e. The molecule has 0 saturated heterocycles. The molecule has 0 aliphatic heterocycles. The van der Waals surface area contributed by atoms with E-state index in [4.69, 9.17) is 15.7 Å². The zero-order valence-corrected chi connectivity index (χ0v) is 19.3. The van der Waals surface area contributed by atoms with Crippen LogP contribution < -0.4 is 5.73 Å². The van der Waals surface area contributed by atoms with Crippen molar-refractivity contribution in [2.24, 2.45) is 11.7 Å². The largest absolute Gasteiger partial charge is 0.347 e. The van der Waals surface area contributed by atoms with Gasteiger partial charge in [0.15, 0.2) is 0 Å². The van der Waals surface area contributed by atoms with Crippen LogP contribution in [0.15, 0.2) is 73.2 Å². The number of allylic oxidation sites excluding steroid dienone is 3. The number of imidazole rings is 1. The number of nitriles is 1. The number of aryl methyl sites for hydroxylation is 1. The molecule has 3 N–H and O–H groups in total. The van der Waals surface area contributed by atoms with E-state index < -0.39 is 0 Å². The molecule has 3 atom stereocenters. The summed E-state index contributed by atoms with van der Waals surface area (Å²) in [4.78, 5) is 15.6. The van der Waals surface area contributed by atoms with E-state index in [2.05, 4.69) is 46.3 Å². The molecule has 2 aliphatic rings. The molecular formula is C28H30N6. The van der Waals surface area contributed by atoms with Gasteiger partial charge in [0.1, 0.15) is 5.82 Å². The molecule has 5 rings (SSSR count). The minimum absolute atomic E-state index is 0.0329. The molecule has 0 amide bonds. The van der Waals surface area contributed by atoms with Crippen molar-refractivity contribution in [3.63, 3.8) is 0 Å². The number of hydrogen-bond donors (Lipinski definition) is 2. The average Bonchev–Trinajstić information content (AvgIpc) is 3.43. The van der Waals surface area contributed by atoms with Crippen LogP contribution in [0.25, 0.3) is 0 Å². The first kappa shape index (κ1) is 22.3. The second-order valence-corrected chi connectivity index (χ2v) is 9.06. The van der Waals surface area contributed by atoms with Gasteiger partial charge in [-0.2, -0.15) is 5.26 Å². The molecule has 6 nitrogen and oxygen atoms in total. The number of fused-ring (bicyclic) bond motifs is 1. The van der Waals surface area contributed by atoms with Crippen molar-refractivity contribution < 1.29 is 0 Å². The van der Waals surface area contributed by atoms with E-state index in [0.717, 1.165) is 48.3 Å². The smallest absolute Gasteiger partial charge is 0.124 e. The van der Waals surface area contributed by atoms with Gasteiger partial charge < -0.3 is 10.7 Å². The van der Waals surface area contributed by atoms with Gasteiger partial charge in [-0.15, -0.1) is 0 Å². The highest BCUT2D eigenvalue weighted by Gasteiger charge is 2.37. The Balaban J connectivity index is 1.64. The highest BCUT2D eigenvalue weighted by atomic mass is 15.2. The summed E-state index contributed by atoms with van der Waals surface area (Å²) in [6.07, 6.45) is 18.6. The summed E-state index contributed by atoms with van der Waals surface area (Å²) in [6.45, 7) is 1.11. The first-order valence-electron chi connectivity index (χ1n) is 12.0. The summed E-state index contributed by atoms with van der Waals surface area (Å²) in [7, 11) is 0. The van der Waals surface area contributed by atoms with Crippen LogP contribution in [-0.2, 0) is 19.5 Å². The maximum Gasteiger partial charge on any atom is 0.124 e. The van der Waals surface area contributed by atoms with Crippen LogP contribution in [0.3, 0.4) is 0 Å². The summed E-state index contributed by atoms with van der Waals surface area (Å²) in [6, 6.07) is 12.6. The molecule has 1 aromatic carbocycles. The quantitative estimate of drug-likeness (QED) is 0.534. The Morgan fingerprint density at radius 3 is 2.88 bits per heavy atom. The number of aromatic amines is 1. The van der Waals surface area contributed by atoms with Gasteiger partial charge >= 0.3 is 0 Å². The Morgan fingerprint density at radius 2 is 2.12 bits per heavy atom. The molecule has 0 radical (unpaired) electrons. The fraction of sp³-hybridized carbons (Fsp3) is 0.321. The van der Waals surface area contributed by atoms with Crippen molar-refractivity contribution in [3.05, 3.63) is 107 Å². The summed E-state index contributed by atoms with van der Waals surface area (Å²) in [5.41, 5.74) is 11.4. The summed E-state index contributed by atoms with van der Waals surface area (Å²) in [5, 5.41) is 9.57. The van der Waals surface area contributed by atoms with Crippen molar-refractivity contribution in [1.29, 1.82) is 5.26 Å². The van der Waals surface area contributed by atoms with Gasteiger partial charge in [0.25, 0.3) is 0 Å². The second-order valence-electron chi connectivity index (χ2n) is 9.06. The van der Waals surface area contributed by atoms with Crippen molar-refractivity contribution in [3.8, 4) is 6.07 Å². The van der Waals surface area contributed by atoms with Crippen molar-refractivity contribution in [2.45, 2.75) is 50.9 Å². The standard InChI is InChI=1S/C28H30N6/c29-17-20-11-12-23(18-30)24(16-20)19-34(25-10-4-8-21-9-5-13-31-26(21)25)27(28-32-14-15-33-28)22-6-2-1-3-7-22/h1-3,5-6,9,11-16,22,25,27H,4,7-8,10,18-19,30H2,(H,32,33). The van der Waals surface area contributed by atoms with Crippen LogP contribution in [0.2, 0.25) is 0 Å². The average molecular weight is 451 g/mol. The van der Waals surface area contributed by atoms with Gasteiger partial charge in [0.05, 0.1) is 29.4 Å².